The lowest BCUT2D eigenvalue weighted by molar-refractivity contribution is 0.384. The van der Waals surface area contributed by atoms with Crippen molar-refractivity contribution in [2.75, 3.05) is 20.6 Å². The van der Waals surface area contributed by atoms with Gasteiger partial charge in [-0.05, 0) is 46.0 Å². The van der Waals surface area contributed by atoms with Gasteiger partial charge in [0.15, 0.2) is 11.2 Å². The quantitative estimate of drug-likeness (QED) is 0.504. The molecule has 0 atom stereocenters. The van der Waals surface area contributed by atoms with Gasteiger partial charge in [0.2, 0.25) is 5.78 Å². The first-order valence-electron chi connectivity index (χ1n) is 10.1. The van der Waals surface area contributed by atoms with E-state index in [1.165, 1.54) is 9.13 Å². The Labute approximate surface area is 174 Å². The van der Waals surface area contributed by atoms with Crippen molar-refractivity contribution in [3.05, 3.63) is 67.6 Å². The first kappa shape index (κ1) is 20.2. The van der Waals surface area contributed by atoms with Crippen LogP contribution in [0.15, 0.2) is 34.0 Å². The van der Waals surface area contributed by atoms with Crippen molar-refractivity contribution in [3.8, 4) is 0 Å². The molecule has 0 N–H and O–H groups in total. The van der Waals surface area contributed by atoms with E-state index >= 15 is 0 Å². The molecule has 8 nitrogen and oxygen atoms in total. The second-order valence-corrected chi connectivity index (χ2v) is 8.34. The Hall–Kier alpha value is -3.13. The minimum absolute atomic E-state index is 0.239. The van der Waals surface area contributed by atoms with E-state index < -0.39 is 0 Å². The molecule has 0 amide bonds. The summed E-state index contributed by atoms with van der Waals surface area (Å²) >= 11 is 0. The summed E-state index contributed by atoms with van der Waals surface area (Å²) in [6.07, 6.45) is 1.93. The van der Waals surface area contributed by atoms with Crippen LogP contribution in [0.25, 0.3) is 16.9 Å². The fourth-order valence-corrected chi connectivity index (χ4v) is 3.91. The van der Waals surface area contributed by atoms with Gasteiger partial charge in [-0.1, -0.05) is 23.8 Å². The highest BCUT2D eigenvalue weighted by Crippen LogP contribution is 2.17. The predicted molar refractivity (Wildman–Crippen MR) is 118 cm³/mol. The van der Waals surface area contributed by atoms with Crippen LogP contribution >= 0.6 is 0 Å². The van der Waals surface area contributed by atoms with Crippen LogP contribution in [0, 0.1) is 20.8 Å². The van der Waals surface area contributed by atoms with Gasteiger partial charge in [0.1, 0.15) is 0 Å². The van der Waals surface area contributed by atoms with Crippen molar-refractivity contribution < 1.29 is 0 Å². The van der Waals surface area contributed by atoms with Gasteiger partial charge in [-0.15, -0.1) is 0 Å². The third kappa shape index (κ3) is 3.17. The molecule has 3 heterocycles. The molecule has 8 heteroatoms. The predicted octanol–water partition coefficient (Wildman–Crippen LogP) is 1.68. The topological polar surface area (TPSA) is 69.5 Å². The van der Waals surface area contributed by atoms with Gasteiger partial charge in [-0.25, -0.2) is 4.79 Å². The number of benzene rings is 1. The highest BCUT2D eigenvalue weighted by atomic mass is 16.2. The summed E-state index contributed by atoms with van der Waals surface area (Å²) in [6, 6.07) is 6.08. The summed E-state index contributed by atoms with van der Waals surface area (Å²) in [5.41, 5.74) is 4.32. The van der Waals surface area contributed by atoms with Crippen LogP contribution in [0.1, 0.15) is 22.4 Å². The van der Waals surface area contributed by atoms with Crippen LogP contribution in [0.4, 0.5) is 0 Å². The third-order valence-corrected chi connectivity index (χ3v) is 5.74. The van der Waals surface area contributed by atoms with Crippen molar-refractivity contribution in [1.29, 1.82) is 0 Å². The molecular formula is C22H28N6O2. The van der Waals surface area contributed by atoms with Gasteiger partial charge < -0.3 is 9.47 Å². The fourth-order valence-electron chi connectivity index (χ4n) is 3.91. The molecule has 0 spiro atoms. The minimum Gasteiger partial charge on any atom is -0.313 e. The van der Waals surface area contributed by atoms with E-state index in [1.807, 2.05) is 63.7 Å². The Morgan fingerprint density at radius 2 is 1.80 bits per heavy atom. The van der Waals surface area contributed by atoms with Crippen molar-refractivity contribution in [2.45, 2.75) is 33.9 Å². The highest BCUT2D eigenvalue weighted by Gasteiger charge is 2.20. The normalized spacial score (nSPS) is 12.0. The highest BCUT2D eigenvalue weighted by molar-refractivity contribution is 5.75. The molecular weight excluding hydrogens is 380 g/mol. The number of fused-ring (bicyclic) bond motifs is 3. The zero-order valence-electron chi connectivity index (χ0n) is 18.4. The van der Waals surface area contributed by atoms with E-state index in [0.29, 0.717) is 16.9 Å². The Balaban J connectivity index is 1.95. The summed E-state index contributed by atoms with van der Waals surface area (Å²) in [5, 5.41) is 0. The van der Waals surface area contributed by atoms with Crippen LogP contribution < -0.4 is 11.2 Å². The van der Waals surface area contributed by atoms with Gasteiger partial charge in [-0.3, -0.25) is 18.3 Å². The van der Waals surface area contributed by atoms with Crippen LogP contribution in [0.3, 0.4) is 0 Å². The van der Waals surface area contributed by atoms with E-state index in [1.54, 1.807) is 7.05 Å². The number of hydrogen-bond donors (Lipinski definition) is 0. The fraction of sp³-hybridized carbons (Fsp3) is 0.409. The minimum atomic E-state index is -0.356. The van der Waals surface area contributed by atoms with E-state index in [2.05, 4.69) is 14.5 Å². The molecule has 3 aromatic heterocycles. The molecule has 30 heavy (non-hydrogen) atoms. The molecule has 4 aromatic rings. The van der Waals surface area contributed by atoms with Gasteiger partial charge in [0.05, 0.1) is 6.54 Å². The maximum Gasteiger partial charge on any atom is 0.332 e. The molecule has 0 saturated heterocycles. The lowest BCUT2D eigenvalue weighted by Gasteiger charge is -2.11. The van der Waals surface area contributed by atoms with Crippen LogP contribution in [-0.4, -0.2) is 48.6 Å². The summed E-state index contributed by atoms with van der Waals surface area (Å²) < 4.78 is 6.69. The molecule has 158 valence electrons. The van der Waals surface area contributed by atoms with Gasteiger partial charge in [0, 0.05) is 32.0 Å². The van der Waals surface area contributed by atoms with Crippen LogP contribution in [0.5, 0.6) is 0 Å². The molecule has 1 aromatic carbocycles. The maximum atomic E-state index is 13.4. The average Bonchev–Trinajstić information content (AvgIpc) is 3.19. The lowest BCUT2D eigenvalue weighted by atomic mass is 10.1. The second kappa shape index (κ2) is 7.28. The Morgan fingerprint density at radius 3 is 2.50 bits per heavy atom. The zero-order valence-corrected chi connectivity index (χ0v) is 18.4. The van der Waals surface area contributed by atoms with Crippen molar-refractivity contribution in [3.63, 3.8) is 0 Å². The Morgan fingerprint density at radius 1 is 1.07 bits per heavy atom. The first-order chi connectivity index (χ1) is 14.2. The molecule has 0 aliphatic rings. The number of aryl methyl sites for hydroxylation is 4. The molecule has 0 unspecified atom stereocenters. The van der Waals surface area contributed by atoms with E-state index in [4.69, 9.17) is 0 Å². The maximum absolute atomic E-state index is 13.4. The number of rotatable bonds is 5. The summed E-state index contributed by atoms with van der Waals surface area (Å²) in [4.78, 5) is 33.2. The van der Waals surface area contributed by atoms with E-state index in [-0.39, 0.29) is 17.8 Å². The van der Waals surface area contributed by atoms with Gasteiger partial charge in [0.25, 0.3) is 5.56 Å². The molecule has 0 radical (unpaired) electrons. The lowest BCUT2D eigenvalue weighted by Crippen LogP contribution is -2.39. The molecule has 0 fully saturated rings. The molecule has 0 saturated carbocycles. The monoisotopic (exact) mass is 408 g/mol. The van der Waals surface area contributed by atoms with Crippen molar-refractivity contribution >= 4 is 16.9 Å². The van der Waals surface area contributed by atoms with Gasteiger partial charge >= 0.3 is 5.69 Å². The smallest absolute Gasteiger partial charge is 0.313 e. The Bertz CT molecular complexity index is 1380. The zero-order chi connectivity index (χ0) is 21.7. The van der Waals surface area contributed by atoms with Crippen LogP contribution in [-0.2, 0) is 20.1 Å². The van der Waals surface area contributed by atoms with E-state index in [0.717, 1.165) is 35.5 Å². The van der Waals surface area contributed by atoms with Crippen LogP contribution in [0.2, 0.25) is 0 Å². The third-order valence-electron chi connectivity index (χ3n) is 5.74. The Kier molecular flexibility index (Phi) is 4.89. The molecule has 0 aliphatic carbocycles. The second-order valence-electron chi connectivity index (χ2n) is 8.34. The SMILES string of the molecule is Cc1ccc(C)c(Cn2c(=O)c3c(nc4n(CCN(C)C)c(C)cn34)n(C)c2=O)c1. The molecule has 4 rings (SSSR count). The molecule has 0 bridgehead atoms. The number of hydrogen-bond acceptors (Lipinski definition) is 4. The standard InChI is InChI=1S/C22H28N6O2/c1-14-7-8-15(2)17(11-14)13-28-20(29)18-19(25(6)22(28)30)23-21-26(10-9-24(4)5)16(3)12-27(18)21/h7-8,11-12H,9-10,13H2,1-6H3. The number of likely N-dealkylation sites (N-methyl/N-ethyl adjacent to an activating group) is 1. The van der Waals surface area contributed by atoms with Crippen molar-refractivity contribution in [2.24, 2.45) is 7.05 Å². The number of aromatic nitrogens is 5. The van der Waals surface area contributed by atoms with Crippen molar-refractivity contribution in [1.82, 2.24) is 28.0 Å². The first-order valence-corrected chi connectivity index (χ1v) is 10.1. The summed E-state index contributed by atoms with van der Waals surface area (Å²) in [6.45, 7) is 7.85. The largest absolute Gasteiger partial charge is 0.332 e. The van der Waals surface area contributed by atoms with Gasteiger partial charge in [-0.2, -0.15) is 4.98 Å². The summed E-state index contributed by atoms with van der Waals surface area (Å²) in [7, 11) is 5.72. The summed E-state index contributed by atoms with van der Waals surface area (Å²) in [5.74, 6) is 0.681. The number of nitrogens with zero attached hydrogens (tertiary/aromatic N) is 6. The van der Waals surface area contributed by atoms with E-state index in [9.17, 15) is 9.59 Å². The molecule has 0 aliphatic heterocycles. The number of imidazole rings is 2. The average molecular weight is 409 g/mol.